The smallest absolute Gasteiger partial charge is 0.309 e. The van der Waals surface area contributed by atoms with Crippen molar-refractivity contribution in [1.82, 2.24) is 14.7 Å². The molecule has 0 radical (unpaired) electrons. The third kappa shape index (κ3) is 12.7. The van der Waals surface area contributed by atoms with E-state index in [2.05, 4.69) is 70.6 Å². The van der Waals surface area contributed by atoms with Crippen molar-refractivity contribution in [2.24, 2.45) is 11.3 Å². The zero-order valence-electron chi connectivity index (χ0n) is 18.8. The summed E-state index contributed by atoms with van der Waals surface area (Å²) in [6, 6.07) is 0. The normalized spacial score (nSPS) is 13.7. The van der Waals surface area contributed by atoms with Crippen molar-refractivity contribution in [3.05, 3.63) is 0 Å². The lowest BCUT2D eigenvalue weighted by Gasteiger charge is -2.29. The fourth-order valence-corrected chi connectivity index (χ4v) is 3.13. The number of hydrogen-bond acceptors (Lipinski definition) is 5. The van der Waals surface area contributed by atoms with Crippen LogP contribution < -0.4 is 0 Å². The van der Waals surface area contributed by atoms with Crippen LogP contribution in [0.4, 0.5) is 0 Å². The number of nitrogens with zero attached hydrogens (tertiary/aromatic N) is 3. The van der Waals surface area contributed by atoms with Crippen LogP contribution in [0.5, 0.6) is 0 Å². The molecule has 5 nitrogen and oxygen atoms in total. The first-order chi connectivity index (χ1) is 12.1. The Labute approximate surface area is 163 Å². The lowest BCUT2D eigenvalue weighted by molar-refractivity contribution is -0.153. The second-order valence-electron chi connectivity index (χ2n) is 9.03. The van der Waals surface area contributed by atoms with Gasteiger partial charge in [-0.15, -0.1) is 0 Å². The Morgan fingerprint density at radius 1 is 0.885 bits per heavy atom. The molecule has 0 rings (SSSR count). The minimum atomic E-state index is -0.0375. The summed E-state index contributed by atoms with van der Waals surface area (Å²) >= 11 is 0. The third-order valence-corrected chi connectivity index (χ3v) is 4.72. The van der Waals surface area contributed by atoms with Crippen LogP contribution in [-0.4, -0.2) is 88.2 Å². The van der Waals surface area contributed by atoms with E-state index in [4.69, 9.17) is 4.74 Å². The molecule has 0 aliphatic heterocycles. The number of hydrogen-bond donors (Lipinski definition) is 0. The van der Waals surface area contributed by atoms with E-state index in [9.17, 15) is 4.79 Å². The molecule has 5 heteroatoms. The van der Waals surface area contributed by atoms with Crippen molar-refractivity contribution in [3.63, 3.8) is 0 Å². The Hall–Kier alpha value is -0.650. The Balaban J connectivity index is 4.43. The van der Waals surface area contributed by atoms with Gasteiger partial charge in [-0.1, -0.05) is 34.1 Å². The number of rotatable bonds is 14. The topological polar surface area (TPSA) is 36.0 Å². The molecule has 0 aromatic rings. The Morgan fingerprint density at radius 3 is 1.77 bits per heavy atom. The van der Waals surface area contributed by atoms with Gasteiger partial charge in [0, 0.05) is 6.54 Å². The molecule has 0 fully saturated rings. The van der Waals surface area contributed by atoms with E-state index in [0.717, 1.165) is 58.4 Å². The molecule has 0 aliphatic rings. The van der Waals surface area contributed by atoms with Crippen LogP contribution in [0.25, 0.3) is 0 Å². The lowest BCUT2D eigenvalue weighted by Crippen LogP contribution is -2.35. The van der Waals surface area contributed by atoms with Crippen LogP contribution in [0.15, 0.2) is 0 Å². The zero-order chi connectivity index (χ0) is 20.2. The first-order valence-corrected chi connectivity index (χ1v) is 10.3. The van der Waals surface area contributed by atoms with Gasteiger partial charge in [0.2, 0.25) is 0 Å². The monoisotopic (exact) mass is 371 g/mol. The standard InChI is InChI=1S/C21H45N3O2/c1-9-12-19(21(2,3)4)20(25)26-18-17-24(15-10-13-22(5)6)16-11-14-23(7)8/h19H,9-18H2,1-8H3. The summed E-state index contributed by atoms with van der Waals surface area (Å²) in [6.45, 7) is 14.1. The average molecular weight is 372 g/mol. The van der Waals surface area contributed by atoms with Gasteiger partial charge in [0.1, 0.15) is 6.61 Å². The maximum atomic E-state index is 12.5. The molecule has 0 amide bonds. The minimum absolute atomic E-state index is 0.0107. The quantitative estimate of drug-likeness (QED) is 0.438. The van der Waals surface area contributed by atoms with Crippen LogP contribution in [-0.2, 0) is 9.53 Å². The lowest BCUT2D eigenvalue weighted by atomic mass is 9.78. The van der Waals surface area contributed by atoms with E-state index >= 15 is 0 Å². The van der Waals surface area contributed by atoms with E-state index in [1.165, 1.54) is 0 Å². The SMILES string of the molecule is CCCC(C(=O)OCCN(CCCN(C)C)CCCN(C)C)C(C)(C)C. The molecular weight excluding hydrogens is 326 g/mol. The van der Waals surface area contributed by atoms with E-state index in [1.54, 1.807) is 0 Å². The largest absolute Gasteiger partial charge is 0.464 e. The molecular formula is C21H45N3O2. The van der Waals surface area contributed by atoms with Crippen molar-refractivity contribution in [3.8, 4) is 0 Å². The summed E-state index contributed by atoms with van der Waals surface area (Å²) in [4.78, 5) is 19.4. The van der Waals surface area contributed by atoms with Gasteiger partial charge in [0.05, 0.1) is 5.92 Å². The van der Waals surface area contributed by atoms with Gasteiger partial charge in [0.25, 0.3) is 0 Å². The molecule has 0 heterocycles. The van der Waals surface area contributed by atoms with Crippen molar-refractivity contribution in [1.29, 1.82) is 0 Å². The highest BCUT2D eigenvalue weighted by Crippen LogP contribution is 2.30. The van der Waals surface area contributed by atoms with Gasteiger partial charge in [-0.25, -0.2) is 0 Å². The van der Waals surface area contributed by atoms with Crippen LogP contribution in [0.1, 0.15) is 53.4 Å². The summed E-state index contributed by atoms with van der Waals surface area (Å²) in [5.41, 5.74) is -0.0375. The van der Waals surface area contributed by atoms with Gasteiger partial charge >= 0.3 is 5.97 Å². The van der Waals surface area contributed by atoms with Crippen LogP contribution in [0.2, 0.25) is 0 Å². The molecule has 156 valence electrons. The van der Waals surface area contributed by atoms with Crippen LogP contribution >= 0.6 is 0 Å². The fraction of sp³-hybridized carbons (Fsp3) is 0.952. The van der Waals surface area contributed by atoms with Gasteiger partial charge in [-0.3, -0.25) is 9.69 Å². The molecule has 0 spiro atoms. The van der Waals surface area contributed by atoms with Crippen molar-refractivity contribution in [2.75, 3.05) is 67.5 Å². The Kier molecular flexibility index (Phi) is 13.2. The van der Waals surface area contributed by atoms with E-state index in [0.29, 0.717) is 6.61 Å². The highest BCUT2D eigenvalue weighted by Gasteiger charge is 2.31. The van der Waals surface area contributed by atoms with Gasteiger partial charge < -0.3 is 14.5 Å². The van der Waals surface area contributed by atoms with Crippen molar-refractivity contribution >= 4 is 5.97 Å². The summed E-state index contributed by atoms with van der Waals surface area (Å²) in [5, 5.41) is 0. The number of carbonyl (C=O) groups excluding carboxylic acids is 1. The number of ether oxygens (including phenoxy) is 1. The first kappa shape index (κ1) is 25.4. The highest BCUT2D eigenvalue weighted by atomic mass is 16.5. The molecule has 26 heavy (non-hydrogen) atoms. The van der Waals surface area contributed by atoms with Gasteiger partial charge in [0.15, 0.2) is 0 Å². The highest BCUT2D eigenvalue weighted by molar-refractivity contribution is 5.73. The Bertz CT molecular complexity index is 351. The fourth-order valence-electron chi connectivity index (χ4n) is 3.13. The second-order valence-corrected chi connectivity index (χ2v) is 9.03. The summed E-state index contributed by atoms with van der Waals surface area (Å²) < 4.78 is 5.67. The Morgan fingerprint density at radius 2 is 1.38 bits per heavy atom. The maximum Gasteiger partial charge on any atom is 0.309 e. The predicted octanol–water partition coefficient (Wildman–Crippen LogP) is 3.20. The van der Waals surface area contributed by atoms with Crippen LogP contribution in [0, 0.1) is 11.3 Å². The minimum Gasteiger partial charge on any atom is -0.464 e. The van der Waals surface area contributed by atoms with E-state index < -0.39 is 0 Å². The van der Waals surface area contributed by atoms with E-state index in [1.807, 2.05) is 0 Å². The van der Waals surface area contributed by atoms with Gasteiger partial charge in [-0.05, 0) is 79.0 Å². The van der Waals surface area contributed by atoms with Crippen LogP contribution in [0.3, 0.4) is 0 Å². The maximum absolute atomic E-state index is 12.5. The summed E-state index contributed by atoms with van der Waals surface area (Å²) in [7, 11) is 8.44. The van der Waals surface area contributed by atoms with Crippen molar-refractivity contribution < 1.29 is 9.53 Å². The molecule has 0 bridgehead atoms. The molecule has 0 N–H and O–H groups in total. The number of carbonyl (C=O) groups is 1. The third-order valence-electron chi connectivity index (χ3n) is 4.72. The first-order valence-electron chi connectivity index (χ1n) is 10.3. The molecule has 0 aromatic heterocycles. The van der Waals surface area contributed by atoms with E-state index in [-0.39, 0.29) is 17.3 Å². The zero-order valence-corrected chi connectivity index (χ0v) is 18.8. The molecule has 0 aliphatic carbocycles. The molecule has 0 aromatic carbocycles. The van der Waals surface area contributed by atoms with Crippen molar-refractivity contribution in [2.45, 2.75) is 53.4 Å². The van der Waals surface area contributed by atoms with Gasteiger partial charge in [-0.2, -0.15) is 0 Å². The second kappa shape index (κ2) is 13.5. The molecule has 1 atom stereocenters. The predicted molar refractivity (Wildman–Crippen MR) is 112 cm³/mol. The molecule has 0 saturated heterocycles. The molecule has 0 saturated carbocycles. The summed E-state index contributed by atoms with van der Waals surface area (Å²) in [6.07, 6.45) is 4.20. The summed E-state index contributed by atoms with van der Waals surface area (Å²) in [5.74, 6) is -0.0377. The average Bonchev–Trinajstić information content (AvgIpc) is 2.50. The number of esters is 1. The molecule has 1 unspecified atom stereocenters.